The summed E-state index contributed by atoms with van der Waals surface area (Å²) in [6, 6.07) is 0. The van der Waals surface area contributed by atoms with Gasteiger partial charge in [-0.3, -0.25) is 0 Å². The Morgan fingerprint density at radius 1 is 0.471 bits per heavy atom. The molecule has 6 nitrogen and oxygen atoms in total. The van der Waals surface area contributed by atoms with Gasteiger partial charge in [0.05, 0.1) is 0 Å². The Bertz CT molecular complexity index is 98.6. The monoisotopic (exact) mass is 590 g/mol. The predicted molar refractivity (Wildman–Crippen MR) is 153 cm³/mol. The molecule has 0 aromatic carbocycles. The second-order valence-electron chi connectivity index (χ2n) is 3.77. The molecular formula is C26H64Co2O6+3. The summed E-state index contributed by atoms with van der Waals surface area (Å²) in [5.41, 5.74) is 0. The van der Waals surface area contributed by atoms with Gasteiger partial charge in [0.2, 0.25) is 25.7 Å². The Labute approximate surface area is 242 Å². The Hall–Kier alpha value is -0.267. The predicted octanol–water partition coefficient (Wildman–Crippen LogP) is 5.49. The fourth-order valence-electron chi connectivity index (χ4n) is 0.833. The van der Waals surface area contributed by atoms with Crippen molar-refractivity contribution in [1.29, 1.82) is 0 Å². The Morgan fingerprint density at radius 3 is 0.647 bits per heavy atom. The number of hydrogen-bond donors (Lipinski definition) is 0. The maximum atomic E-state index is 4.82. The Balaban J connectivity index is -0.00000000775. The van der Waals surface area contributed by atoms with Crippen LogP contribution in [0.5, 0.6) is 0 Å². The molecule has 2 aliphatic heterocycles. The zero-order valence-electron chi connectivity index (χ0n) is 23.4. The van der Waals surface area contributed by atoms with E-state index in [1.54, 1.807) is 0 Å². The molecule has 2 fully saturated rings. The van der Waals surface area contributed by atoms with E-state index in [4.69, 9.17) is 9.47 Å². The van der Waals surface area contributed by atoms with E-state index in [2.05, 4.69) is 55.4 Å². The van der Waals surface area contributed by atoms with Crippen LogP contribution in [-0.4, -0.2) is 35.1 Å². The molecule has 2 rings (SSSR count). The summed E-state index contributed by atoms with van der Waals surface area (Å²) in [4.78, 5) is 0. The second kappa shape index (κ2) is 175. The molecule has 2 heterocycles. The van der Waals surface area contributed by atoms with Gasteiger partial charge in [-0.2, -0.15) is 12.8 Å². The molecule has 8 heteroatoms. The maximum absolute atomic E-state index is 4.82. The average molecular weight is 591 g/mol. The van der Waals surface area contributed by atoms with Crippen LogP contribution in [0.25, 0.3) is 0 Å². The Kier molecular flexibility index (Phi) is 591. The first-order valence-electron chi connectivity index (χ1n) is 7.87. The quantitative estimate of drug-likeness (QED) is 0.344. The molecule has 0 aliphatic carbocycles. The zero-order chi connectivity index (χ0) is 17.9. The smallest absolute Gasteiger partial charge is 0.552 e. The van der Waals surface area contributed by atoms with E-state index in [-0.39, 0.29) is 100 Å². The first kappa shape index (κ1) is 115. The summed E-state index contributed by atoms with van der Waals surface area (Å²) >= 11 is 0. The SMILES string of the molecule is O.O.O.O.[CH-]1CCCO1.[CH-]1CCCO1.[CH2+]C[CH2+].[CH2+]C[CH2+].[CH2+]C[CH2+].[CH2+]C[CH2+].[CH3-].[CH3-].[CH3-].[CH3-].[CH3-].[CH3-].[Co+3].[Co]. The van der Waals surface area contributed by atoms with Crippen molar-refractivity contribution in [2.24, 2.45) is 0 Å². The van der Waals surface area contributed by atoms with Crippen LogP contribution in [0.15, 0.2) is 0 Å². The van der Waals surface area contributed by atoms with Crippen LogP contribution >= 0.6 is 0 Å². The molecule has 1 radical (unpaired) electrons. The maximum Gasteiger partial charge on any atom is 3.00 e. The molecule has 0 spiro atoms. The molecular weight excluding hydrogens is 526 g/mol. The van der Waals surface area contributed by atoms with Crippen LogP contribution in [0.1, 0.15) is 51.4 Å². The van der Waals surface area contributed by atoms with Gasteiger partial charge in [-0.25, -0.2) is 13.2 Å². The normalized spacial score (nSPS) is 8.94. The van der Waals surface area contributed by atoms with Crippen LogP contribution < -0.4 is 0 Å². The van der Waals surface area contributed by atoms with Crippen LogP contribution in [0.3, 0.4) is 0 Å². The van der Waals surface area contributed by atoms with Crippen molar-refractivity contribution in [3.8, 4) is 0 Å². The first-order valence-corrected chi connectivity index (χ1v) is 7.87. The number of hydrogen-bond acceptors (Lipinski definition) is 2. The van der Waals surface area contributed by atoms with Gasteiger partial charge in [-0.1, -0.05) is 12.8 Å². The van der Waals surface area contributed by atoms with Crippen molar-refractivity contribution in [2.45, 2.75) is 51.4 Å². The molecule has 0 unspecified atom stereocenters. The average Bonchev–Trinajstić information content (AvgIpc) is 3.21. The second-order valence-corrected chi connectivity index (χ2v) is 3.77. The van der Waals surface area contributed by atoms with Crippen molar-refractivity contribution in [3.63, 3.8) is 0 Å². The van der Waals surface area contributed by atoms with E-state index < -0.39 is 0 Å². The molecule has 0 amide bonds. The van der Waals surface area contributed by atoms with Crippen LogP contribution in [0, 0.1) is 113 Å². The molecule has 0 atom stereocenters. The van der Waals surface area contributed by atoms with E-state index >= 15 is 0 Å². The van der Waals surface area contributed by atoms with Crippen molar-refractivity contribution in [1.82, 2.24) is 0 Å². The minimum Gasteiger partial charge on any atom is -0.552 e. The first-order chi connectivity index (χ1) is 10.7. The van der Waals surface area contributed by atoms with E-state index in [0.717, 1.165) is 51.7 Å². The van der Waals surface area contributed by atoms with E-state index in [1.165, 1.54) is 12.8 Å². The van der Waals surface area contributed by atoms with E-state index in [1.807, 2.05) is 13.2 Å². The summed E-state index contributed by atoms with van der Waals surface area (Å²) in [5, 5.41) is 0. The molecule has 0 saturated carbocycles. The van der Waals surface area contributed by atoms with Gasteiger partial charge in [-0.15, -0.1) is 0 Å². The van der Waals surface area contributed by atoms with Crippen molar-refractivity contribution in [3.05, 3.63) is 113 Å². The van der Waals surface area contributed by atoms with Crippen molar-refractivity contribution >= 4 is 0 Å². The molecule has 0 aromatic rings. The van der Waals surface area contributed by atoms with Gasteiger partial charge in [0, 0.05) is 30.0 Å². The fraction of sp³-hybridized carbons (Fsp3) is 0.385. The van der Waals surface area contributed by atoms with Gasteiger partial charge in [0.25, 0.3) is 0 Å². The number of rotatable bonds is 0. The molecule has 0 aromatic heterocycles. The van der Waals surface area contributed by atoms with Crippen molar-refractivity contribution < 1.29 is 64.9 Å². The summed E-state index contributed by atoms with van der Waals surface area (Å²) in [7, 11) is 0. The largest absolute Gasteiger partial charge is 3.00 e. The summed E-state index contributed by atoms with van der Waals surface area (Å²) in [6.45, 7) is 32.6. The molecule has 0 bridgehead atoms. The fourth-order valence-corrected chi connectivity index (χ4v) is 0.833. The van der Waals surface area contributed by atoms with Gasteiger partial charge < -0.3 is 75.9 Å². The summed E-state index contributed by atoms with van der Waals surface area (Å²) < 4.78 is 9.64. The van der Waals surface area contributed by atoms with Gasteiger partial charge >= 0.3 is 16.8 Å². The van der Waals surface area contributed by atoms with Crippen LogP contribution in [-0.2, 0) is 43.0 Å². The summed E-state index contributed by atoms with van der Waals surface area (Å²) in [6.07, 6.45) is 7.75. The van der Waals surface area contributed by atoms with Gasteiger partial charge in [-0.05, 0) is 0 Å². The summed E-state index contributed by atoms with van der Waals surface area (Å²) in [5.74, 6) is 0. The third-order valence-electron chi connectivity index (χ3n) is 1.40. The Morgan fingerprint density at radius 2 is 0.618 bits per heavy atom. The van der Waals surface area contributed by atoms with E-state index in [0.29, 0.717) is 0 Å². The van der Waals surface area contributed by atoms with Crippen LogP contribution in [0.2, 0.25) is 0 Å². The van der Waals surface area contributed by atoms with Gasteiger partial charge in [0.1, 0.15) is 55.4 Å². The molecule has 219 valence electrons. The molecule has 8 N–H and O–H groups in total. The minimum atomic E-state index is 0. The number of ether oxygens (including phenoxy) is 2. The topological polar surface area (TPSA) is 144 Å². The van der Waals surface area contributed by atoms with Crippen molar-refractivity contribution in [2.75, 3.05) is 13.2 Å². The minimum absolute atomic E-state index is 0. The van der Waals surface area contributed by atoms with Crippen LogP contribution in [0.4, 0.5) is 0 Å². The molecule has 2 saturated heterocycles. The zero-order valence-corrected chi connectivity index (χ0v) is 25.4. The third kappa shape index (κ3) is 316. The van der Waals surface area contributed by atoms with E-state index in [9.17, 15) is 0 Å². The standard InChI is InChI=1S/2C4H7O.4C3H6.6CH3.2Co.4H2O/c2*1-2-4-5-3-1;4*1-3-2;;;;;;;;;;;;/h2*3H,1-2,4H2;4*1-3H2;6*1H3;;;4*1H2/q2*-1;4*+2;6*-1;;+3;;;;. The molecule has 2 aliphatic rings. The van der Waals surface area contributed by atoms with Gasteiger partial charge in [0.15, 0.2) is 0 Å². The third-order valence-corrected chi connectivity index (χ3v) is 1.40. The molecule has 34 heavy (non-hydrogen) atoms.